The minimum absolute atomic E-state index is 0.0361. The minimum Gasteiger partial charge on any atom is -0.506 e. The van der Waals surface area contributed by atoms with Crippen molar-refractivity contribution in [2.24, 2.45) is 0 Å². The molecule has 8 heteroatoms. The third-order valence-corrected chi connectivity index (χ3v) is 4.20. The molecule has 1 saturated heterocycles. The Morgan fingerprint density at radius 3 is 3.15 bits per heavy atom. The third kappa shape index (κ3) is 1.76. The second-order valence-corrected chi connectivity index (χ2v) is 5.51. The van der Waals surface area contributed by atoms with Crippen molar-refractivity contribution in [1.29, 1.82) is 0 Å². The topological polar surface area (TPSA) is 85.4 Å². The lowest BCUT2D eigenvalue weighted by Gasteiger charge is -2.04. The molecule has 3 aromatic heterocycles. The lowest BCUT2D eigenvalue weighted by Crippen LogP contribution is -2.03. The quantitative estimate of drug-likeness (QED) is 0.774. The first kappa shape index (κ1) is 11.7. The van der Waals surface area contributed by atoms with E-state index in [-0.39, 0.29) is 11.9 Å². The van der Waals surface area contributed by atoms with E-state index in [0.717, 1.165) is 25.3 Å². The van der Waals surface area contributed by atoms with Crippen molar-refractivity contribution in [2.75, 3.05) is 6.61 Å². The van der Waals surface area contributed by atoms with Gasteiger partial charge in [-0.1, -0.05) is 11.3 Å². The van der Waals surface area contributed by atoms with Gasteiger partial charge in [-0.15, -0.1) is 10.2 Å². The SMILES string of the molecule is Oc1cnccc1-c1nn2c(C3CCCO3)nnc2s1. The smallest absolute Gasteiger partial charge is 0.235 e. The van der Waals surface area contributed by atoms with E-state index in [2.05, 4.69) is 20.3 Å². The van der Waals surface area contributed by atoms with Gasteiger partial charge < -0.3 is 9.84 Å². The van der Waals surface area contributed by atoms with Crippen LogP contribution in [0.4, 0.5) is 0 Å². The molecule has 1 fully saturated rings. The molecule has 1 N–H and O–H groups in total. The first-order valence-electron chi connectivity index (χ1n) is 6.30. The van der Waals surface area contributed by atoms with Gasteiger partial charge in [0, 0.05) is 12.8 Å². The first-order valence-corrected chi connectivity index (χ1v) is 7.11. The molecule has 0 bridgehead atoms. The standard InChI is InChI=1S/C12H11N5O2S/c18-8-6-13-4-3-7(8)11-16-17-10(9-2-1-5-19-9)14-15-12(17)20-11/h3-4,6,9,18H,1-2,5H2. The van der Waals surface area contributed by atoms with Crippen molar-refractivity contribution in [3.63, 3.8) is 0 Å². The van der Waals surface area contributed by atoms with Gasteiger partial charge in [-0.2, -0.15) is 9.61 Å². The maximum Gasteiger partial charge on any atom is 0.235 e. The summed E-state index contributed by atoms with van der Waals surface area (Å²) in [6, 6.07) is 1.73. The molecule has 1 aliphatic heterocycles. The number of aromatic hydroxyl groups is 1. The van der Waals surface area contributed by atoms with Gasteiger partial charge >= 0.3 is 0 Å². The Morgan fingerprint density at radius 2 is 2.35 bits per heavy atom. The lowest BCUT2D eigenvalue weighted by atomic mass is 10.2. The van der Waals surface area contributed by atoms with Crippen LogP contribution in [0.2, 0.25) is 0 Å². The van der Waals surface area contributed by atoms with Crippen molar-refractivity contribution >= 4 is 16.3 Å². The molecule has 102 valence electrons. The minimum atomic E-state index is -0.0361. The van der Waals surface area contributed by atoms with Gasteiger partial charge in [0.25, 0.3) is 0 Å². The molecular weight excluding hydrogens is 278 g/mol. The van der Waals surface area contributed by atoms with Crippen molar-refractivity contribution in [1.82, 2.24) is 24.8 Å². The highest BCUT2D eigenvalue weighted by Gasteiger charge is 2.25. The Hall–Kier alpha value is -2.06. The molecule has 20 heavy (non-hydrogen) atoms. The molecular formula is C12H11N5O2S. The predicted octanol–water partition coefficient (Wildman–Crippen LogP) is 1.80. The Bertz CT molecular complexity index is 762. The van der Waals surface area contributed by atoms with Crippen molar-refractivity contribution in [3.05, 3.63) is 24.3 Å². The summed E-state index contributed by atoms with van der Waals surface area (Å²) >= 11 is 1.38. The summed E-state index contributed by atoms with van der Waals surface area (Å²) in [6.07, 6.45) is 4.96. The zero-order valence-electron chi connectivity index (χ0n) is 10.4. The van der Waals surface area contributed by atoms with Crippen LogP contribution in [-0.2, 0) is 4.74 Å². The molecule has 0 amide bonds. The number of aromatic nitrogens is 5. The summed E-state index contributed by atoms with van der Waals surface area (Å²) in [4.78, 5) is 4.56. The fraction of sp³-hybridized carbons (Fsp3) is 0.333. The van der Waals surface area contributed by atoms with E-state index < -0.39 is 0 Å². The summed E-state index contributed by atoms with van der Waals surface area (Å²) in [6.45, 7) is 0.752. The van der Waals surface area contributed by atoms with Crippen molar-refractivity contribution in [2.45, 2.75) is 18.9 Å². The van der Waals surface area contributed by atoms with E-state index in [1.54, 1.807) is 16.8 Å². The number of rotatable bonds is 2. The van der Waals surface area contributed by atoms with E-state index >= 15 is 0 Å². The second-order valence-electron chi connectivity index (χ2n) is 4.55. The number of pyridine rings is 1. The summed E-state index contributed by atoms with van der Waals surface area (Å²) in [7, 11) is 0. The van der Waals surface area contributed by atoms with Crippen LogP contribution in [0, 0.1) is 0 Å². The highest BCUT2D eigenvalue weighted by molar-refractivity contribution is 7.19. The van der Waals surface area contributed by atoms with Gasteiger partial charge in [-0.25, -0.2) is 0 Å². The molecule has 0 aromatic carbocycles. The molecule has 0 saturated carbocycles. The average molecular weight is 289 g/mol. The van der Waals surface area contributed by atoms with Gasteiger partial charge in [0.2, 0.25) is 4.96 Å². The highest BCUT2D eigenvalue weighted by Crippen LogP contribution is 2.33. The fourth-order valence-electron chi connectivity index (χ4n) is 2.29. The van der Waals surface area contributed by atoms with Crippen LogP contribution in [-0.4, -0.2) is 36.5 Å². The van der Waals surface area contributed by atoms with E-state index in [1.807, 2.05) is 0 Å². The highest BCUT2D eigenvalue weighted by atomic mass is 32.1. The summed E-state index contributed by atoms with van der Waals surface area (Å²) in [5.41, 5.74) is 0.647. The maximum absolute atomic E-state index is 9.84. The van der Waals surface area contributed by atoms with E-state index in [9.17, 15) is 5.11 Å². The van der Waals surface area contributed by atoms with Crippen LogP contribution in [0.3, 0.4) is 0 Å². The monoisotopic (exact) mass is 289 g/mol. The van der Waals surface area contributed by atoms with Gasteiger partial charge in [0.15, 0.2) is 10.8 Å². The third-order valence-electron chi connectivity index (χ3n) is 3.26. The normalized spacial score (nSPS) is 18.9. The molecule has 1 aliphatic rings. The average Bonchev–Trinajstić information content (AvgIpc) is 3.14. The van der Waals surface area contributed by atoms with Crippen molar-refractivity contribution < 1.29 is 9.84 Å². The molecule has 3 aromatic rings. The van der Waals surface area contributed by atoms with E-state index in [1.165, 1.54) is 17.5 Å². The number of hydrogen-bond acceptors (Lipinski definition) is 7. The molecule has 1 unspecified atom stereocenters. The molecule has 0 spiro atoms. The Labute approximate surface area is 117 Å². The second kappa shape index (κ2) is 4.50. The Morgan fingerprint density at radius 1 is 1.40 bits per heavy atom. The maximum atomic E-state index is 9.84. The van der Waals surface area contributed by atoms with Crippen LogP contribution >= 0.6 is 11.3 Å². The summed E-state index contributed by atoms with van der Waals surface area (Å²) in [5.74, 6) is 0.838. The van der Waals surface area contributed by atoms with Crippen LogP contribution in [0.1, 0.15) is 24.8 Å². The molecule has 4 rings (SSSR count). The molecule has 4 heterocycles. The molecule has 0 aliphatic carbocycles. The summed E-state index contributed by atoms with van der Waals surface area (Å²) in [5, 5.41) is 23.3. The van der Waals surface area contributed by atoms with Crippen LogP contribution in [0.15, 0.2) is 18.5 Å². The molecule has 7 nitrogen and oxygen atoms in total. The van der Waals surface area contributed by atoms with Crippen LogP contribution < -0.4 is 0 Å². The predicted molar refractivity (Wildman–Crippen MR) is 71.5 cm³/mol. The zero-order valence-corrected chi connectivity index (χ0v) is 11.2. The number of ether oxygens (including phenoxy) is 1. The van der Waals surface area contributed by atoms with E-state index in [4.69, 9.17) is 4.74 Å². The lowest BCUT2D eigenvalue weighted by molar-refractivity contribution is 0.103. The number of nitrogens with zero attached hydrogens (tertiary/aromatic N) is 5. The molecule has 1 atom stereocenters. The first-order chi connectivity index (χ1) is 9.83. The van der Waals surface area contributed by atoms with Crippen molar-refractivity contribution in [3.8, 4) is 16.3 Å². The molecule has 0 radical (unpaired) electrons. The number of hydrogen-bond donors (Lipinski definition) is 1. The van der Waals surface area contributed by atoms with Crippen LogP contribution in [0.25, 0.3) is 15.5 Å². The Kier molecular flexibility index (Phi) is 2.64. The van der Waals surface area contributed by atoms with Gasteiger partial charge in [0.05, 0.1) is 11.8 Å². The largest absolute Gasteiger partial charge is 0.506 e. The van der Waals surface area contributed by atoms with Gasteiger partial charge in [0.1, 0.15) is 11.9 Å². The van der Waals surface area contributed by atoms with E-state index in [0.29, 0.717) is 15.5 Å². The van der Waals surface area contributed by atoms with Gasteiger partial charge in [-0.3, -0.25) is 4.98 Å². The Balaban J connectivity index is 1.81. The number of fused-ring (bicyclic) bond motifs is 1. The summed E-state index contributed by atoms with van der Waals surface area (Å²) < 4.78 is 7.33. The zero-order chi connectivity index (χ0) is 13.5. The van der Waals surface area contributed by atoms with Crippen LogP contribution in [0.5, 0.6) is 5.75 Å². The van der Waals surface area contributed by atoms with Gasteiger partial charge in [-0.05, 0) is 18.9 Å². The fourth-order valence-corrected chi connectivity index (χ4v) is 3.17.